The Morgan fingerprint density at radius 1 is 1.57 bits per heavy atom. The van der Waals surface area contributed by atoms with Crippen LogP contribution in [0.25, 0.3) is 0 Å². The van der Waals surface area contributed by atoms with Gasteiger partial charge in [-0.25, -0.2) is 0 Å². The maximum absolute atomic E-state index is 11.7. The highest BCUT2D eigenvalue weighted by molar-refractivity contribution is 5.99. The molecule has 0 spiro atoms. The van der Waals surface area contributed by atoms with E-state index in [1.165, 1.54) is 0 Å². The Labute approximate surface area is 84.1 Å². The van der Waals surface area contributed by atoms with Crippen LogP contribution < -0.4 is 4.74 Å². The van der Waals surface area contributed by atoms with Gasteiger partial charge in [0.15, 0.2) is 5.78 Å². The molecular weight excluding hydrogens is 178 g/mol. The number of aromatic nitrogens is 1. The first-order valence-corrected chi connectivity index (χ1v) is 4.77. The summed E-state index contributed by atoms with van der Waals surface area (Å²) in [6.45, 7) is 6.18. The van der Waals surface area contributed by atoms with Crippen LogP contribution in [0.5, 0.6) is 5.75 Å². The molecule has 0 aliphatic rings. The minimum Gasteiger partial charge on any atom is -0.493 e. The van der Waals surface area contributed by atoms with Gasteiger partial charge in [-0.05, 0) is 13.0 Å². The SMILES string of the molecule is CCOc1ccncc1C(=O)C(C)C. The molecule has 0 saturated heterocycles. The molecule has 0 saturated carbocycles. The Balaban J connectivity index is 3.00. The van der Waals surface area contributed by atoms with Crippen LogP contribution in [-0.4, -0.2) is 17.4 Å². The van der Waals surface area contributed by atoms with Crippen molar-refractivity contribution < 1.29 is 9.53 Å². The Kier molecular flexibility index (Phi) is 3.63. The maximum Gasteiger partial charge on any atom is 0.170 e. The predicted octanol–water partition coefficient (Wildman–Crippen LogP) is 2.32. The van der Waals surface area contributed by atoms with Crippen molar-refractivity contribution in [1.82, 2.24) is 4.98 Å². The van der Waals surface area contributed by atoms with Crippen molar-refractivity contribution in [3.63, 3.8) is 0 Å². The van der Waals surface area contributed by atoms with Crippen molar-refractivity contribution in [2.45, 2.75) is 20.8 Å². The summed E-state index contributed by atoms with van der Waals surface area (Å²) in [7, 11) is 0. The molecule has 0 amide bonds. The number of ketones is 1. The third-order valence-electron chi connectivity index (χ3n) is 1.87. The van der Waals surface area contributed by atoms with Crippen molar-refractivity contribution in [3.05, 3.63) is 24.0 Å². The normalized spacial score (nSPS) is 10.3. The van der Waals surface area contributed by atoms with Gasteiger partial charge < -0.3 is 4.74 Å². The Morgan fingerprint density at radius 2 is 2.29 bits per heavy atom. The van der Waals surface area contributed by atoms with E-state index in [9.17, 15) is 4.79 Å². The van der Waals surface area contributed by atoms with Crippen LogP contribution in [0, 0.1) is 5.92 Å². The topological polar surface area (TPSA) is 39.2 Å². The van der Waals surface area contributed by atoms with Crippen molar-refractivity contribution in [1.29, 1.82) is 0 Å². The van der Waals surface area contributed by atoms with Crippen LogP contribution in [0.3, 0.4) is 0 Å². The number of pyridine rings is 1. The highest BCUT2D eigenvalue weighted by Gasteiger charge is 2.15. The van der Waals surface area contributed by atoms with Crippen LogP contribution in [-0.2, 0) is 0 Å². The first-order chi connectivity index (χ1) is 6.66. The standard InChI is InChI=1S/C11H15NO2/c1-4-14-10-5-6-12-7-9(10)11(13)8(2)3/h5-8H,4H2,1-3H3. The van der Waals surface area contributed by atoms with Gasteiger partial charge in [0.05, 0.1) is 12.2 Å². The second kappa shape index (κ2) is 4.74. The number of Topliss-reactive ketones (excluding diaryl/α,β-unsaturated/α-hetero) is 1. The summed E-state index contributed by atoms with van der Waals surface area (Å²) in [5.74, 6) is 0.668. The summed E-state index contributed by atoms with van der Waals surface area (Å²) in [5, 5.41) is 0. The number of carbonyl (C=O) groups excluding carboxylic acids is 1. The fraction of sp³-hybridized carbons (Fsp3) is 0.455. The van der Waals surface area contributed by atoms with Gasteiger partial charge in [0.1, 0.15) is 5.75 Å². The number of ether oxygens (including phenoxy) is 1. The Bertz CT molecular complexity index is 321. The first-order valence-electron chi connectivity index (χ1n) is 4.77. The molecular formula is C11H15NO2. The molecule has 76 valence electrons. The maximum atomic E-state index is 11.7. The number of hydrogen-bond acceptors (Lipinski definition) is 3. The van der Waals surface area contributed by atoms with Crippen LogP contribution in [0.1, 0.15) is 31.1 Å². The smallest absolute Gasteiger partial charge is 0.170 e. The van der Waals surface area contributed by atoms with Gasteiger partial charge in [0.25, 0.3) is 0 Å². The second-order valence-electron chi connectivity index (χ2n) is 3.32. The highest BCUT2D eigenvalue weighted by atomic mass is 16.5. The number of nitrogens with zero attached hydrogens (tertiary/aromatic N) is 1. The van der Waals surface area contributed by atoms with E-state index >= 15 is 0 Å². The minimum absolute atomic E-state index is 0.0293. The lowest BCUT2D eigenvalue weighted by molar-refractivity contribution is 0.0935. The zero-order valence-electron chi connectivity index (χ0n) is 8.78. The number of rotatable bonds is 4. The summed E-state index contributed by atoms with van der Waals surface area (Å²) in [5.41, 5.74) is 0.573. The van der Waals surface area contributed by atoms with Gasteiger partial charge in [0.2, 0.25) is 0 Å². The molecule has 1 rings (SSSR count). The zero-order valence-corrected chi connectivity index (χ0v) is 8.78. The van der Waals surface area contributed by atoms with E-state index in [1.807, 2.05) is 20.8 Å². The molecule has 1 aromatic heterocycles. The molecule has 0 unspecified atom stereocenters. The zero-order chi connectivity index (χ0) is 10.6. The van der Waals surface area contributed by atoms with Gasteiger partial charge in [-0.2, -0.15) is 0 Å². The van der Waals surface area contributed by atoms with Gasteiger partial charge >= 0.3 is 0 Å². The van der Waals surface area contributed by atoms with Crippen molar-refractivity contribution in [2.24, 2.45) is 5.92 Å². The van der Waals surface area contributed by atoms with Crippen molar-refractivity contribution in [3.8, 4) is 5.75 Å². The van der Waals surface area contributed by atoms with Gasteiger partial charge in [-0.1, -0.05) is 13.8 Å². The summed E-state index contributed by atoms with van der Waals surface area (Å²) < 4.78 is 5.35. The molecule has 0 aromatic carbocycles. The van der Waals surface area contributed by atoms with Crippen molar-refractivity contribution >= 4 is 5.78 Å². The molecule has 0 aliphatic heterocycles. The largest absolute Gasteiger partial charge is 0.493 e. The molecule has 0 bridgehead atoms. The highest BCUT2D eigenvalue weighted by Crippen LogP contribution is 2.19. The molecule has 0 fully saturated rings. The molecule has 0 radical (unpaired) electrons. The average Bonchev–Trinajstić information content (AvgIpc) is 2.18. The van der Waals surface area contributed by atoms with E-state index in [2.05, 4.69) is 4.98 Å². The van der Waals surface area contributed by atoms with Crippen LogP contribution >= 0.6 is 0 Å². The lowest BCUT2D eigenvalue weighted by atomic mass is 10.0. The number of hydrogen-bond donors (Lipinski definition) is 0. The van der Waals surface area contributed by atoms with E-state index < -0.39 is 0 Å². The lowest BCUT2D eigenvalue weighted by Crippen LogP contribution is -2.10. The summed E-state index contributed by atoms with van der Waals surface area (Å²) >= 11 is 0. The first kappa shape index (κ1) is 10.7. The molecule has 14 heavy (non-hydrogen) atoms. The molecule has 1 heterocycles. The van der Waals surface area contributed by atoms with E-state index in [1.54, 1.807) is 18.5 Å². The third-order valence-corrected chi connectivity index (χ3v) is 1.87. The second-order valence-corrected chi connectivity index (χ2v) is 3.32. The molecule has 3 nitrogen and oxygen atoms in total. The minimum atomic E-state index is -0.0293. The Morgan fingerprint density at radius 3 is 2.86 bits per heavy atom. The predicted molar refractivity (Wildman–Crippen MR) is 54.6 cm³/mol. The van der Waals surface area contributed by atoms with Crippen LogP contribution in [0.2, 0.25) is 0 Å². The molecule has 3 heteroatoms. The van der Waals surface area contributed by atoms with E-state index in [-0.39, 0.29) is 11.7 Å². The van der Waals surface area contributed by atoms with Gasteiger partial charge in [0, 0.05) is 18.3 Å². The monoisotopic (exact) mass is 193 g/mol. The average molecular weight is 193 g/mol. The van der Waals surface area contributed by atoms with E-state index in [0.717, 1.165) is 0 Å². The summed E-state index contributed by atoms with van der Waals surface area (Å²) in [4.78, 5) is 15.7. The van der Waals surface area contributed by atoms with Crippen molar-refractivity contribution in [2.75, 3.05) is 6.61 Å². The van der Waals surface area contributed by atoms with Gasteiger partial charge in [-0.15, -0.1) is 0 Å². The Hall–Kier alpha value is -1.38. The van der Waals surface area contributed by atoms with Crippen LogP contribution in [0.15, 0.2) is 18.5 Å². The van der Waals surface area contributed by atoms with Gasteiger partial charge in [-0.3, -0.25) is 9.78 Å². The summed E-state index contributed by atoms with van der Waals surface area (Å²) in [6.07, 6.45) is 3.19. The number of carbonyl (C=O) groups is 1. The van der Waals surface area contributed by atoms with Crippen LogP contribution in [0.4, 0.5) is 0 Å². The summed E-state index contributed by atoms with van der Waals surface area (Å²) in [6, 6.07) is 1.72. The molecule has 1 aromatic rings. The third kappa shape index (κ3) is 2.31. The molecule has 0 aliphatic carbocycles. The lowest BCUT2D eigenvalue weighted by Gasteiger charge is -2.09. The van der Waals surface area contributed by atoms with E-state index in [0.29, 0.717) is 17.9 Å². The molecule has 0 atom stereocenters. The molecule has 0 N–H and O–H groups in total. The fourth-order valence-corrected chi connectivity index (χ4v) is 1.16. The van der Waals surface area contributed by atoms with E-state index in [4.69, 9.17) is 4.74 Å². The fourth-order valence-electron chi connectivity index (χ4n) is 1.16. The quantitative estimate of drug-likeness (QED) is 0.689.